The van der Waals surface area contributed by atoms with Crippen LogP contribution in [0.4, 0.5) is 0 Å². The van der Waals surface area contributed by atoms with E-state index in [-0.39, 0.29) is 98.5 Å². The Kier molecular flexibility index (Phi) is 306. The molecule has 0 radical (unpaired) electrons. The molecular weight excluding hydrogens is 289 g/mol. The summed E-state index contributed by atoms with van der Waals surface area (Å²) in [5, 5.41) is 0. The van der Waals surface area contributed by atoms with Crippen molar-refractivity contribution in [3.05, 3.63) is 0 Å². The van der Waals surface area contributed by atoms with Crippen LogP contribution >= 0.6 is 0 Å². The van der Waals surface area contributed by atoms with E-state index in [0.717, 1.165) is 0 Å². The first-order valence-electron chi connectivity index (χ1n) is 0. The zero-order valence-corrected chi connectivity index (χ0v) is 7.44. The molecule has 0 saturated carbocycles. The van der Waals surface area contributed by atoms with Gasteiger partial charge in [0.25, 0.3) is 0 Å². The summed E-state index contributed by atoms with van der Waals surface area (Å²) in [6.07, 6.45) is 0. The predicted molar refractivity (Wildman–Crippen MR) is 2.06 cm³/mol. The molecule has 0 unspecified atom stereocenters. The Hall–Kier alpha value is 2.57. The molecule has 0 amide bonds. The van der Waals surface area contributed by atoms with Gasteiger partial charge in [-0.15, -0.1) is 0 Å². The second-order valence-electron chi connectivity index (χ2n) is 0. The average Bonchev–Trinajstić information content (AvgIpc) is 0. The van der Waals surface area contributed by atoms with Crippen LogP contribution in [0.5, 0.6) is 0 Å². The third kappa shape index (κ3) is 20.8. The van der Waals surface area contributed by atoms with Crippen molar-refractivity contribution < 1.29 is 98.5 Å². The molecule has 0 N–H and O–H groups in total. The van der Waals surface area contributed by atoms with Gasteiger partial charge in [0.2, 0.25) is 0 Å². The van der Waals surface area contributed by atoms with Gasteiger partial charge in [-0.05, 0) is 0 Å². The van der Waals surface area contributed by atoms with E-state index in [9.17, 15) is 0 Å². The van der Waals surface area contributed by atoms with Gasteiger partial charge in [-0.25, -0.2) is 0 Å². The fourth-order valence-corrected chi connectivity index (χ4v) is 0. The molecule has 0 rings (SSSR count). The van der Waals surface area contributed by atoms with Crippen LogP contribution < -0.4 is 0 Å². The third-order valence-corrected chi connectivity index (χ3v) is 0. The van der Waals surface area contributed by atoms with E-state index in [0.29, 0.717) is 0 Å². The molecule has 0 spiro atoms. The molecule has 0 bridgehead atoms. The molecule has 0 fully saturated rings. The molecule has 0 aromatic carbocycles. The van der Waals surface area contributed by atoms with Crippen LogP contribution in [0.15, 0.2) is 0 Å². The van der Waals surface area contributed by atoms with Crippen molar-refractivity contribution in [2.45, 2.75) is 0 Å². The van der Waals surface area contributed by atoms with Crippen LogP contribution in [0.3, 0.4) is 0 Å². The Labute approximate surface area is 96.2 Å². The SMILES string of the molecule is [Eu+3].[O-2].[O-2].[O-2].[Y+3]. The summed E-state index contributed by atoms with van der Waals surface area (Å²) in [5.74, 6) is 0. The van der Waals surface area contributed by atoms with E-state index in [4.69, 9.17) is 0 Å². The van der Waals surface area contributed by atoms with E-state index in [1.54, 1.807) is 0 Å². The Morgan fingerprint density at radius 1 is 0.600 bits per heavy atom. The maximum absolute atomic E-state index is 0. The summed E-state index contributed by atoms with van der Waals surface area (Å²) >= 11 is 0. The first kappa shape index (κ1) is 49.5. The molecule has 0 aliphatic rings. The van der Waals surface area contributed by atoms with Gasteiger partial charge in [0.15, 0.2) is 0 Å². The van der Waals surface area contributed by atoms with Gasteiger partial charge in [0.1, 0.15) is 0 Å². The van der Waals surface area contributed by atoms with Crippen molar-refractivity contribution in [1.82, 2.24) is 0 Å². The minimum atomic E-state index is 0. The standard InChI is InChI=1S/Eu.3O.Y/q+3;3*-2;+3. The second-order valence-corrected chi connectivity index (χ2v) is 0. The van der Waals surface area contributed by atoms with E-state index in [2.05, 4.69) is 0 Å². The summed E-state index contributed by atoms with van der Waals surface area (Å²) in [6, 6.07) is 0. The summed E-state index contributed by atoms with van der Waals surface area (Å²) in [4.78, 5) is 0. The molecule has 0 heterocycles. The Balaban J connectivity index is 0. The first-order valence-corrected chi connectivity index (χ1v) is 0. The summed E-state index contributed by atoms with van der Waals surface area (Å²) < 4.78 is 0. The molecule has 0 aliphatic carbocycles. The van der Waals surface area contributed by atoms with E-state index in [1.807, 2.05) is 0 Å². The zero-order valence-electron chi connectivity index (χ0n) is 2.18. The number of hydrogen-bond donors (Lipinski definition) is 0. The molecule has 0 aromatic heterocycles. The number of rotatable bonds is 0. The van der Waals surface area contributed by atoms with Crippen LogP contribution in [-0.4, -0.2) is 0 Å². The van der Waals surface area contributed by atoms with Crippen molar-refractivity contribution in [1.29, 1.82) is 0 Å². The van der Waals surface area contributed by atoms with Crippen molar-refractivity contribution >= 4 is 0 Å². The molecule has 0 aromatic rings. The quantitative estimate of drug-likeness (QED) is 0.583. The first-order chi connectivity index (χ1) is 0. The molecule has 3 nitrogen and oxygen atoms in total. The van der Waals surface area contributed by atoms with Gasteiger partial charge in [-0.3, -0.25) is 0 Å². The fraction of sp³-hybridized carbons (Fsp3) is 0. The summed E-state index contributed by atoms with van der Waals surface area (Å²) in [5.41, 5.74) is 0. The Morgan fingerprint density at radius 3 is 0.600 bits per heavy atom. The largest absolute Gasteiger partial charge is 3.00 e. The van der Waals surface area contributed by atoms with Gasteiger partial charge in [0.05, 0.1) is 0 Å². The predicted octanol–water partition coefficient (Wildman–Crippen LogP) is -0.359. The normalized spacial score (nSPS) is 0. The van der Waals surface area contributed by atoms with Crippen LogP contribution in [0.2, 0.25) is 0 Å². The van der Waals surface area contributed by atoms with Crippen LogP contribution in [0, 0.1) is 49.4 Å². The van der Waals surface area contributed by atoms with E-state index < -0.39 is 0 Å². The minimum Gasteiger partial charge on any atom is -2.00 e. The van der Waals surface area contributed by atoms with Crippen LogP contribution in [-0.2, 0) is 49.1 Å². The fourth-order valence-electron chi connectivity index (χ4n) is 0. The third-order valence-electron chi connectivity index (χ3n) is 0. The molecular formula is EuO3Y. The van der Waals surface area contributed by atoms with Gasteiger partial charge in [0, 0.05) is 0 Å². The van der Waals surface area contributed by atoms with Gasteiger partial charge < -0.3 is 16.4 Å². The molecule has 0 saturated heterocycles. The molecule has 0 aliphatic heterocycles. The molecule has 28 valence electrons. The van der Waals surface area contributed by atoms with Crippen molar-refractivity contribution in [3.63, 3.8) is 0 Å². The minimum absolute atomic E-state index is 0. The van der Waals surface area contributed by atoms with Crippen molar-refractivity contribution in [2.75, 3.05) is 0 Å². The van der Waals surface area contributed by atoms with Gasteiger partial charge >= 0.3 is 82.1 Å². The molecule has 5 heteroatoms. The monoisotopic (exact) mass is 290 g/mol. The summed E-state index contributed by atoms with van der Waals surface area (Å²) in [6.45, 7) is 0. The molecule has 5 heavy (non-hydrogen) atoms. The summed E-state index contributed by atoms with van der Waals surface area (Å²) in [7, 11) is 0. The van der Waals surface area contributed by atoms with Crippen LogP contribution in [0.25, 0.3) is 0 Å². The second kappa shape index (κ2) is 30.9. The topological polar surface area (TPSA) is 85.5 Å². The van der Waals surface area contributed by atoms with Gasteiger partial charge in [-0.1, -0.05) is 0 Å². The number of hydrogen-bond acceptors (Lipinski definition) is 0. The van der Waals surface area contributed by atoms with Crippen molar-refractivity contribution in [3.8, 4) is 0 Å². The Morgan fingerprint density at radius 2 is 0.600 bits per heavy atom. The average molecular weight is 289 g/mol. The maximum atomic E-state index is 0. The van der Waals surface area contributed by atoms with Gasteiger partial charge in [-0.2, -0.15) is 0 Å². The molecule has 0 atom stereocenters. The van der Waals surface area contributed by atoms with Crippen LogP contribution in [0.1, 0.15) is 0 Å². The Bertz CT molecular complexity index is 6.85. The van der Waals surface area contributed by atoms with E-state index >= 15 is 0 Å². The van der Waals surface area contributed by atoms with Crippen molar-refractivity contribution in [2.24, 2.45) is 0 Å². The smallest absolute Gasteiger partial charge is 2.00 e. The zero-order chi connectivity index (χ0) is 0. The van der Waals surface area contributed by atoms with E-state index in [1.165, 1.54) is 0 Å². The maximum Gasteiger partial charge on any atom is 3.00 e.